The summed E-state index contributed by atoms with van der Waals surface area (Å²) < 4.78 is 27.0. The molecule has 1 N–H and O–H groups in total. The third-order valence-corrected chi connectivity index (χ3v) is 1.94. The van der Waals surface area contributed by atoms with Crippen LogP contribution in [0, 0.1) is 11.6 Å². The zero-order valence-electron chi connectivity index (χ0n) is 7.56. The summed E-state index contributed by atoms with van der Waals surface area (Å²) in [6.45, 7) is -0.320. The van der Waals surface area contributed by atoms with Gasteiger partial charge in [-0.05, 0) is 12.1 Å². The third kappa shape index (κ3) is 1.71. The van der Waals surface area contributed by atoms with Gasteiger partial charge in [-0.25, -0.2) is 8.78 Å². The average Bonchev–Trinajstić information content (AvgIpc) is 2.70. The van der Waals surface area contributed by atoms with Gasteiger partial charge in [-0.1, -0.05) is 0 Å². The van der Waals surface area contributed by atoms with Gasteiger partial charge in [0.2, 0.25) is 0 Å². The lowest BCUT2D eigenvalue weighted by atomic mass is 10.3. The second kappa shape index (κ2) is 3.74. The summed E-state index contributed by atoms with van der Waals surface area (Å²) in [6.07, 6.45) is 1.32. The summed E-state index contributed by atoms with van der Waals surface area (Å²) in [5.74, 6) is -1.61. The number of rotatable bonds is 2. The van der Waals surface area contributed by atoms with Gasteiger partial charge in [0.25, 0.3) is 0 Å². The van der Waals surface area contributed by atoms with Crippen molar-refractivity contribution in [3.05, 3.63) is 42.0 Å². The van der Waals surface area contributed by atoms with Gasteiger partial charge in [0, 0.05) is 6.07 Å². The highest BCUT2D eigenvalue weighted by atomic mass is 19.2. The van der Waals surface area contributed by atoms with Crippen LogP contribution < -0.4 is 0 Å². The normalized spacial score (nSPS) is 10.6. The van der Waals surface area contributed by atoms with Crippen molar-refractivity contribution in [2.24, 2.45) is 0 Å². The van der Waals surface area contributed by atoms with E-state index < -0.39 is 11.6 Å². The molecule has 0 radical (unpaired) electrons. The fourth-order valence-electron chi connectivity index (χ4n) is 1.22. The van der Waals surface area contributed by atoms with Crippen molar-refractivity contribution in [3.63, 3.8) is 0 Å². The highest BCUT2D eigenvalue weighted by Crippen LogP contribution is 2.13. The summed E-state index contributed by atoms with van der Waals surface area (Å²) in [5.41, 5.74) is 0.364. The molecule has 0 saturated heterocycles. The summed E-state index contributed by atoms with van der Waals surface area (Å²) in [4.78, 5) is 0. The Morgan fingerprint density at radius 1 is 1.27 bits per heavy atom. The Bertz CT molecular complexity index is 484. The monoisotopic (exact) mass is 211 g/mol. The molecule has 2 aromatic rings. The van der Waals surface area contributed by atoms with Gasteiger partial charge in [0.1, 0.15) is 12.9 Å². The van der Waals surface area contributed by atoms with E-state index in [1.165, 1.54) is 17.0 Å². The molecule has 0 aliphatic heterocycles. The van der Waals surface area contributed by atoms with Crippen LogP contribution >= 0.6 is 0 Å². The predicted octanol–water partition coefficient (Wildman–Crippen LogP) is 1.04. The van der Waals surface area contributed by atoms with E-state index in [1.54, 1.807) is 0 Å². The topological polar surface area (TPSA) is 50.9 Å². The van der Waals surface area contributed by atoms with E-state index in [4.69, 9.17) is 5.11 Å². The molecule has 0 amide bonds. The molecule has 1 aromatic carbocycles. The summed E-state index contributed by atoms with van der Waals surface area (Å²) >= 11 is 0. The minimum atomic E-state index is -0.954. The lowest BCUT2D eigenvalue weighted by Crippen LogP contribution is -2.01. The Labute approximate surface area is 83.8 Å². The SMILES string of the molecule is OCc1nncn1-c1ccc(F)c(F)c1. The van der Waals surface area contributed by atoms with Crippen molar-refractivity contribution >= 4 is 0 Å². The van der Waals surface area contributed by atoms with Crippen molar-refractivity contribution in [2.45, 2.75) is 6.61 Å². The quantitative estimate of drug-likeness (QED) is 0.807. The third-order valence-electron chi connectivity index (χ3n) is 1.94. The molecule has 15 heavy (non-hydrogen) atoms. The van der Waals surface area contributed by atoms with E-state index in [9.17, 15) is 8.78 Å². The van der Waals surface area contributed by atoms with E-state index in [2.05, 4.69) is 10.2 Å². The minimum absolute atomic E-state index is 0.265. The lowest BCUT2D eigenvalue weighted by molar-refractivity contribution is 0.269. The first kappa shape index (κ1) is 9.72. The zero-order valence-corrected chi connectivity index (χ0v) is 7.56. The molecular formula is C9H7F2N3O. The number of aliphatic hydroxyl groups is 1. The maximum absolute atomic E-state index is 12.9. The lowest BCUT2D eigenvalue weighted by Gasteiger charge is -2.04. The summed E-state index contributed by atoms with van der Waals surface area (Å²) in [6, 6.07) is 3.39. The highest BCUT2D eigenvalue weighted by Gasteiger charge is 2.08. The van der Waals surface area contributed by atoms with Crippen LogP contribution in [0.15, 0.2) is 24.5 Å². The largest absolute Gasteiger partial charge is 0.388 e. The standard InChI is InChI=1S/C9H7F2N3O/c10-7-2-1-6(3-8(7)11)14-5-12-13-9(14)4-15/h1-3,5,15H,4H2. The minimum Gasteiger partial charge on any atom is -0.388 e. The fourth-order valence-corrected chi connectivity index (χ4v) is 1.22. The molecule has 2 rings (SSSR count). The van der Waals surface area contributed by atoms with E-state index in [0.29, 0.717) is 5.69 Å². The van der Waals surface area contributed by atoms with E-state index in [1.807, 2.05) is 0 Å². The number of halogens is 2. The van der Waals surface area contributed by atoms with Crippen molar-refractivity contribution in [2.75, 3.05) is 0 Å². The molecule has 0 saturated carbocycles. The Hall–Kier alpha value is -1.82. The smallest absolute Gasteiger partial charge is 0.163 e. The van der Waals surface area contributed by atoms with Gasteiger partial charge in [-0.3, -0.25) is 4.57 Å². The first-order valence-corrected chi connectivity index (χ1v) is 4.17. The van der Waals surface area contributed by atoms with Gasteiger partial charge >= 0.3 is 0 Å². The Balaban J connectivity index is 2.50. The van der Waals surface area contributed by atoms with Gasteiger partial charge in [-0.2, -0.15) is 0 Å². The van der Waals surface area contributed by atoms with Crippen LogP contribution in [0.1, 0.15) is 5.82 Å². The van der Waals surface area contributed by atoms with Gasteiger partial charge in [0.05, 0.1) is 5.69 Å². The molecule has 0 bridgehead atoms. The molecule has 1 aromatic heterocycles. The zero-order chi connectivity index (χ0) is 10.8. The number of nitrogens with zero attached hydrogens (tertiary/aromatic N) is 3. The summed E-state index contributed by atoms with van der Waals surface area (Å²) in [7, 11) is 0. The second-order valence-electron chi connectivity index (χ2n) is 2.87. The van der Waals surface area contributed by atoms with E-state index in [-0.39, 0.29) is 12.4 Å². The number of hydrogen-bond donors (Lipinski definition) is 1. The van der Waals surface area contributed by atoms with Crippen LogP contribution in [-0.4, -0.2) is 19.9 Å². The molecule has 1 heterocycles. The van der Waals surface area contributed by atoms with Crippen molar-refractivity contribution in [1.29, 1.82) is 0 Å². The molecule has 6 heteroatoms. The van der Waals surface area contributed by atoms with Crippen LogP contribution in [-0.2, 0) is 6.61 Å². The highest BCUT2D eigenvalue weighted by molar-refractivity contribution is 5.33. The molecule has 0 aliphatic carbocycles. The Morgan fingerprint density at radius 2 is 2.07 bits per heavy atom. The molecule has 0 aliphatic rings. The van der Waals surface area contributed by atoms with Crippen molar-refractivity contribution in [3.8, 4) is 5.69 Å². The number of aromatic nitrogens is 3. The predicted molar refractivity (Wildman–Crippen MR) is 47.2 cm³/mol. The second-order valence-corrected chi connectivity index (χ2v) is 2.87. The molecule has 0 unspecified atom stereocenters. The Kier molecular flexibility index (Phi) is 2.42. The van der Waals surface area contributed by atoms with Gasteiger partial charge < -0.3 is 5.11 Å². The fraction of sp³-hybridized carbons (Fsp3) is 0.111. The summed E-state index contributed by atoms with van der Waals surface area (Å²) in [5, 5.41) is 16.1. The molecule has 0 atom stereocenters. The number of hydrogen-bond acceptors (Lipinski definition) is 3. The first-order chi connectivity index (χ1) is 7.22. The molecular weight excluding hydrogens is 204 g/mol. The molecule has 78 valence electrons. The van der Waals surface area contributed by atoms with Crippen molar-refractivity contribution in [1.82, 2.24) is 14.8 Å². The number of benzene rings is 1. The van der Waals surface area contributed by atoms with Crippen LogP contribution in [0.3, 0.4) is 0 Å². The average molecular weight is 211 g/mol. The van der Waals surface area contributed by atoms with Crippen LogP contribution in [0.5, 0.6) is 0 Å². The van der Waals surface area contributed by atoms with Crippen LogP contribution in [0.4, 0.5) is 8.78 Å². The maximum Gasteiger partial charge on any atom is 0.163 e. The van der Waals surface area contributed by atoms with Crippen molar-refractivity contribution < 1.29 is 13.9 Å². The maximum atomic E-state index is 12.9. The molecule has 4 nitrogen and oxygen atoms in total. The Morgan fingerprint density at radius 3 is 2.73 bits per heavy atom. The molecule has 0 spiro atoms. The number of aliphatic hydroxyl groups excluding tert-OH is 1. The van der Waals surface area contributed by atoms with Gasteiger partial charge in [0.15, 0.2) is 17.5 Å². The van der Waals surface area contributed by atoms with E-state index >= 15 is 0 Å². The van der Waals surface area contributed by atoms with Crippen LogP contribution in [0.25, 0.3) is 5.69 Å². The van der Waals surface area contributed by atoms with Gasteiger partial charge in [-0.15, -0.1) is 10.2 Å². The van der Waals surface area contributed by atoms with E-state index in [0.717, 1.165) is 12.1 Å². The van der Waals surface area contributed by atoms with Crippen LogP contribution in [0.2, 0.25) is 0 Å². The first-order valence-electron chi connectivity index (χ1n) is 4.17. The molecule has 0 fully saturated rings.